The molecule has 0 bridgehead atoms. The van der Waals surface area contributed by atoms with Crippen LogP contribution in [0.5, 0.6) is 11.5 Å². The van der Waals surface area contributed by atoms with Gasteiger partial charge in [-0.05, 0) is 67.1 Å². The van der Waals surface area contributed by atoms with Crippen molar-refractivity contribution < 1.29 is 23.8 Å². The average Bonchev–Trinajstić information content (AvgIpc) is 2.77. The van der Waals surface area contributed by atoms with Crippen molar-refractivity contribution in [2.75, 3.05) is 13.2 Å². The summed E-state index contributed by atoms with van der Waals surface area (Å²) >= 11 is 0. The van der Waals surface area contributed by atoms with Crippen LogP contribution in [0.3, 0.4) is 0 Å². The first-order valence-corrected chi connectivity index (χ1v) is 10.3. The Bertz CT molecular complexity index is 808. The molecule has 2 aromatic carbocycles. The van der Waals surface area contributed by atoms with Crippen molar-refractivity contribution in [2.24, 2.45) is 5.92 Å². The summed E-state index contributed by atoms with van der Waals surface area (Å²) in [6.07, 6.45) is 4.77. The van der Waals surface area contributed by atoms with E-state index in [1.165, 1.54) is 5.56 Å². The Morgan fingerprint density at radius 2 is 1.60 bits per heavy atom. The molecule has 2 aromatic rings. The van der Waals surface area contributed by atoms with Crippen LogP contribution < -0.4 is 9.47 Å². The molecule has 30 heavy (non-hydrogen) atoms. The third-order valence-corrected chi connectivity index (χ3v) is 4.72. The maximum atomic E-state index is 12.3. The van der Waals surface area contributed by atoms with Crippen molar-refractivity contribution in [3.8, 4) is 11.5 Å². The number of carbonyl (C=O) groups excluding carboxylic acids is 2. The van der Waals surface area contributed by atoms with Crippen molar-refractivity contribution in [2.45, 2.75) is 39.5 Å². The van der Waals surface area contributed by atoms with E-state index in [9.17, 15) is 9.59 Å². The van der Waals surface area contributed by atoms with Gasteiger partial charge in [0.25, 0.3) is 0 Å². The molecule has 0 spiro atoms. The molecule has 2 rings (SSSR count). The van der Waals surface area contributed by atoms with Crippen molar-refractivity contribution in [3.63, 3.8) is 0 Å². The fourth-order valence-electron chi connectivity index (χ4n) is 2.72. The zero-order valence-corrected chi connectivity index (χ0v) is 17.8. The van der Waals surface area contributed by atoms with E-state index in [4.69, 9.17) is 14.2 Å². The molecule has 1 atom stereocenters. The summed E-state index contributed by atoms with van der Waals surface area (Å²) < 4.78 is 16.0. The molecule has 0 aliphatic carbocycles. The van der Waals surface area contributed by atoms with Gasteiger partial charge in [0.1, 0.15) is 11.5 Å². The fourth-order valence-corrected chi connectivity index (χ4v) is 2.72. The zero-order valence-electron chi connectivity index (χ0n) is 17.8. The van der Waals surface area contributed by atoms with Crippen LogP contribution in [-0.4, -0.2) is 25.2 Å². The van der Waals surface area contributed by atoms with Crippen molar-refractivity contribution >= 4 is 11.9 Å². The molecule has 5 nitrogen and oxygen atoms in total. The number of hydrogen-bond donors (Lipinski definition) is 0. The number of unbranched alkanes of at least 4 members (excludes halogenated alkanes) is 1. The molecule has 0 aliphatic rings. The minimum Gasteiger partial charge on any atom is -0.494 e. The highest BCUT2D eigenvalue weighted by atomic mass is 16.5. The lowest BCUT2D eigenvalue weighted by molar-refractivity contribution is -0.137. The van der Waals surface area contributed by atoms with Crippen molar-refractivity contribution in [1.29, 1.82) is 0 Å². The van der Waals surface area contributed by atoms with E-state index in [0.29, 0.717) is 42.6 Å². The molecule has 0 fully saturated rings. The SMILES string of the molecule is C=CC(=O)OCCCCOc1ccc(C(=O)Oc2ccc(CC(C)CC)cc2)cc1. The molecule has 1 unspecified atom stereocenters. The molecule has 0 amide bonds. The highest BCUT2D eigenvalue weighted by Crippen LogP contribution is 2.19. The number of benzene rings is 2. The van der Waals surface area contributed by atoms with Gasteiger partial charge in [-0.25, -0.2) is 9.59 Å². The molecule has 0 saturated heterocycles. The molecule has 5 heteroatoms. The number of rotatable bonds is 12. The Kier molecular flexibility index (Phi) is 9.65. The molecule has 0 N–H and O–H groups in total. The van der Waals surface area contributed by atoms with Gasteiger partial charge in [0, 0.05) is 6.08 Å². The van der Waals surface area contributed by atoms with E-state index < -0.39 is 11.9 Å². The summed E-state index contributed by atoms with van der Waals surface area (Å²) in [5.74, 6) is 1.02. The summed E-state index contributed by atoms with van der Waals surface area (Å²) in [6, 6.07) is 14.5. The minimum atomic E-state index is -0.416. The van der Waals surface area contributed by atoms with Gasteiger partial charge in [0.2, 0.25) is 0 Å². The van der Waals surface area contributed by atoms with Crippen LogP contribution in [0.4, 0.5) is 0 Å². The molecular weight excluding hydrogens is 380 g/mol. The van der Waals surface area contributed by atoms with Crippen molar-refractivity contribution in [1.82, 2.24) is 0 Å². The molecule has 0 radical (unpaired) electrons. The van der Waals surface area contributed by atoms with Crippen LogP contribution in [-0.2, 0) is 16.0 Å². The third-order valence-electron chi connectivity index (χ3n) is 4.72. The van der Waals surface area contributed by atoms with Gasteiger partial charge >= 0.3 is 11.9 Å². The summed E-state index contributed by atoms with van der Waals surface area (Å²) in [6.45, 7) is 8.59. The number of ether oxygens (including phenoxy) is 3. The van der Waals surface area contributed by atoms with Crippen LogP contribution in [0.2, 0.25) is 0 Å². The lowest BCUT2D eigenvalue weighted by Crippen LogP contribution is -2.08. The third kappa shape index (κ3) is 8.11. The Balaban J connectivity index is 1.75. The van der Waals surface area contributed by atoms with E-state index in [0.717, 1.165) is 25.3 Å². The quantitative estimate of drug-likeness (QED) is 0.203. The zero-order chi connectivity index (χ0) is 21.8. The predicted octanol–water partition coefficient (Wildman–Crippen LogP) is 5.38. The second-order valence-corrected chi connectivity index (χ2v) is 7.20. The van der Waals surface area contributed by atoms with Crippen LogP contribution in [0.15, 0.2) is 61.2 Å². The van der Waals surface area contributed by atoms with Gasteiger partial charge < -0.3 is 14.2 Å². The van der Waals surface area contributed by atoms with Gasteiger partial charge in [-0.1, -0.05) is 39.0 Å². The topological polar surface area (TPSA) is 61.8 Å². The Morgan fingerprint density at radius 3 is 2.23 bits per heavy atom. The van der Waals surface area contributed by atoms with Crippen LogP contribution in [0.25, 0.3) is 0 Å². The van der Waals surface area contributed by atoms with E-state index in [1.54, 1.807) is 24.3 Å². The summed E-state index contributed by atoms with van der Waals surface area (Å²) in [4.78, 5) is 23.3. The fraction of sp³-hybridized carbons (Fsp3) is 0.360. The van der Waals surface area contributed by atoms with Crippen molar-refractivity contribution in [3.05, 3.63) is 72.3 Å². The maximum Gasteiger partial charge on any atom is 0.343 e. The van der Waals surface area contributed by atoms with Gasteiger partial charge in [0.15, 0.2) is 0 Å². The van der Waals surface area contributed by atoms with E-state index in [-0.39, 0.29) is 0 Å². The predicted molar refractivity (Wildman–Crippen MR) is 117 cm³/mol. The summed E-state index contributed by atoms with van der Waals surface area (Å²) in [5.41, 5.74) is 1.70. The average molecular weight is 411 g/mol. The minimum absolute atomic E-state index is 0.345. The second-order valence-electron chi connectivity index (χ2n) is 7.20. The van der Waals surface area contributed by atoms with Gasteiger partial charge in [-0.15, -0.1) is 0 Å². The van der Waals surface area contributed by atoms with E-state index in [2.05, 4.69) is 20.4 Å². The second kappa shape index (κ2) is 12.5. The summed E-state index contributed by atoms with van der Waals surface area (Å²) in [7, 11) is 0. The normalized spacial score (nSPS) is 11.4. The Labute approximate surface area is 178 Å². The molecular formula is C25H30O5. The van der Waals surface area contributed by atoms with E-state index in [1.807, 2.05) is 24.3 Å². The Morgan fingerprint density at radius 1 is 0.967 bits per heavy atom. The molecule has 0 aromatic heterocycles. The van der Waals surface area contributed by atoms with Crippen LogP contribution >= 0.6 is 0 Å². The number of carbonyl (C=O) groups is 2. The molecule has 0 saturated carbocycles. The van der Waals surface area contributed by atoms with Gasteiger partial charge in [-0.3, -0.25) is 0 Å². The maximum absolute atomic E-state index is 12.3. The monoisotopic (exact) mass is 410 g/mol. The van der Waals surface area contributed by atoms with Crippen LogP contribution in [0, 0.1) is 5.92 Å². The standard InChI is InChI=1S/C25H30O5/c1-4-19(3)18-20-8-12-23(13-9-20)30-25(27)21-10-14-22(15-11-21)28-16-6-7-17-29-24(26)5-2/h5,8-15,19H,2,4,6-7,16-18H2,1,3H3. The lowest BCUT2D eigenvalue weighted by Gasteiger charge is -2.10. The first kappa shape index (κ1) is 23.2. The van der Waals surface area contributed by atoms with E-state index >= 15 is 0 Å². The largest absolute Gasteiger partial charge is 0.494 e. The Hall–Kier alpha value is -3.08. The lowest BCUT2D eigenvalue weighted by atomic mass is 9.99. The first-order chi connectivity index (χ1) is 14.5. The highest BCUT2D eigenvalue weighted by Gasteiger charge is 2.09. The first-order valence-electron chi connectivity index (χ1n) is 10.3. The highest BCUT2D eigenvalue weighted by molar-refractivity contribution is 5.91. The van der Waals surface area contributed by atoms with Gasteiger partial charge in [-0.2, -0.15) is 0 Å². The molecule has 0 heterocycles. The number of hydrogen-bond acceptors (Lipinski definition) is 5. The number of esters is 2. The smallest absolute Gasteiger partial charge is 0.343 e. The summed E-state index contributed by atoms with van der Waals surface area (Å²) in [5, 5.41) is 0. The van der Waals surface area contributed by atoms with Crippen LogP contribution in [0.1, 0.15) is 49.0 Å². The van der Waals surface area contributed by atoms with Gasteiger partial charge in [0.05, 0.1) is 18.8 Å². The molecule has 0 aliphatic heterocycles. The molecule has 160 valence electrons.